The Balaban J connectivity index is 1.56. The Morgan fingerprint density at radius 3 is 2.59 bits per heavy atom. The number of urea groups is 1. The molecule has 2 aromatic carbocycles. The predicted molar refractivity (Wildman–Crippen MR) is 112 cm³/mol. The summed E-state index contributed by atoms with van der Waals surface area (Å²) in [4.78, 5) is 14.6. The summed E-state index contributed by atoms with van der Waals surface area (Å²) in [5.41, 5.74) is 4.21. The van der Waals surface area contributed by atoms with Crippen LogP contribution >= 0.6 is 15.9 Å². The van der Waals surface area contributed by atoms with Gasteiger partial charge in [0.15, 0.2) is 0 Å². The molecule has 1 aliphatic heterocycles. The number of rotatable bonds is 5. The van der Waals surface area contributed by atoms with Gasteiger partial charge in [0.25, 0.3) is 0 Å². The fraction of sp³-hybridized carbons (Fsp3) is 0.381. The molecule has 0 unspecified atom stereocenters. The Hall–Kier alpha value is -1.89. The Kier molecular flexibility index (Phi) is 6.88. The molecular weight excluding hydrogens is 406 g/mol. The van der Waals surface area contributed by atoms with Crippen LogP contribution in [0.2, 0.25) is 0 Å². The second-order valence-corrected chi connectivity index (χ2v) is 7.92. The molecule has 3 rings (SSSR count). The smallest absolute Gasteiger partial charge is 0.319 e. The van der Waals surface area contributed by atoms with Crippen LogP contribution < -0.4 is 10.6 Å². The summed E-state index contributed by atoms with van der Waals surface area (Å²) in [5, 5.41) is 15.5. The molecule has 3 N–H and O–H groups in total. The Bertz CT molecular complexity index is 789. The van der Waals surface area contributed by atoms with Gasteiger partial charge in [-0.2, -0.15) is 0 Å². The van der Waals surface area contributed by atoms with Gasteiger partial charge in [-0.1, -0.05) is 30.3 Å². The minimum Gasteiger partial charge on any atom is -0.393 e. The SMILES string of the molecule is Cc1ccc(NC(=O)NCc2ccccc2CN2CCC(O)CC2)c(Br)c1. The van der Waals surface area contributed by atoms with Crippen molar-refractivity contribution in [3.05, 3.63) is 63.6 Å². The van der Waals surface area contributed by atoms with Crippen molar-refractivity contribution < 1.29 is 9.90 Å². The lowest BCUT2D eigenvalue weighted by Crippen LogP contribution is -2.35. The average molecular weight is 432 g/mol. The average Bonchev–Trinajstić information content (AvgIpc) is 2.65. The van der Waals surface area contributed by atoms with Crippen molar-refractivity contribution in [1.82, 2.24) is 10.2 Å². The maximum Gasteiger partial charge on any atom is 0.319 e. The maximum absolute atomic E-state index is 12.3. The molecule has 0 aromatic heterocycles. The molecule has 2 amide bonds. The number of amides is 2. The molecule has 1 aliphatic rings. The van der Waals surface area contributed by atoms with E-state index in [4.69, 9.17) is 0 Å². The molecule has 1 saturated heterocycles. The van der Waals surface area contributed by atoms with E-state index in [1.807, 2.05) is 37.3 Å². The molecule has 0 spiro atoms. The van der Waals surface area contributed by atoms with Crippen LogP contribution in [0.25, 0.3) is 0 Å². The molecule has 2 aromatic rings. The molecule has 6 heteroatoms. The number of hydrogen-bond donors (Lipinski definition) is 3. The first-order valence-corrected chi connectivity index (χ1v) is 10.1. The quantitative estimate of drug-likeness (QED) is 0.669. The highest BCUT2D eigenvalue weighted by atomic mass is 79.9. The van der Waals surface area contributed by atoms with Crippen molar-refractivity contribution in [3.8, 4) is 0 Å². The third kappa shape index (κ3) is 5.79. The highest BCUT2D eigenvalue weighted by Crippen LogP contribution is 2.23. The van der Waals surface area contributed by atoms with E-state index >= 15 is 0 Å². The number of carbonyl (C=O) groups is 1. The Morgan fingerprint density at radius 1 is 1.19 bits per heavy atom. The number of aliphatic hydroxyl groups is 1. The topological polar surface area (TPSA) is 64.6 Å². The molecule has 0 aliphatic carbocycles. The number of aryl methyl sites for hydroxylation is 1. The van der Waals surface area contributed by atoms with Gasteiger partial charge in [-0.15, -0.1) is 0 Å². The molecule has 0 radical (unpaired) electrons. The predicted octanol–water partition coefficient (Wildman–Crippen LogP) is 4.04. The van der Waals surface area contributed by atoms with Gasteiger partial charge in [-0.05, 0) is 64.5 Å². The molecule has 1 heterocycles. The summed E-state index contributed by atoms with van der Waals surface area (Å²) in [6.07, 6.45) is 1.49. The van der Waals surface area contributed by atoms with Gasteiger partial charge in [-0.3, -0.25) is 4.90 Å². The number of aliphatic hydroxyl groups excluding tert-OH is 1. The van der Waals surface area contributed by atoms with Gasteiger partial charge in [0.1, 0.15) is 0 Å². The summed E-state index contributed by atoms with van der Waals surface area (Å²) in [5.74, 6) is 0. The van der Waals surface area contributed by atoms with Crippen molar-refractivity contribution in [1.29, 1.82) is 0 Å². The molecule has 5 nitrogen and oxygen atoms in total. The summed E-state index contributed by atoms with van der Waals surface area (Å²) in [6.45, 7) is 5.14. The minimum absolute atomic E-state index is 0.164. The van der Waals surface area contributed by atoms with Crippen molar-refractivity contribution in [2.24, 2.45) is 0 Å². The Labute approximate surface area is 168 Å². The van der Waals surface area contributed by atoms with E-state index in [1.165, 1.54) is 5.56 Å². The number of likely N-dealkylation sites (tertiary alicyclic amines) is 1. The molecule has 27 heavy (non-hydrogen) atoms. The number of benzene rings is 2. The Morgan fingerprint density at radius 2 is 1.89 bits per heavy atom. The third-order valence-electron chi connectivity index (χ3n) is 4.88. The normalized spacial score (nSPS) is 15.5. The van der Waals surface area contributed by atoms with E-state index in [0.29, 0.717) is 6.54 Å². The lowest BCUT2D eigenvalue weighted by atomic mass is 10.0. The van der Waals surface area contributed by atoms with E-state index < -0.39 is 0 Å². The van der Waals surface area contributed by atoms with Gasteiger partial charge in [0.2, 0.25) is 0 Å². The number of carbonyl (C=O) groups excluding carboxylic acids is 1. The maximum atomic E-state index is 12.3. The zero-order chi connectivity index (χ0) is 19.2. The van der Waals surface area contributed by atoms with Crippen LogP contribution in [0.3, 0.4) is 0 Å². The number of nitrogens with zero attached hydrogens (tertiary/aromatic N) is 1. The molecule has 0 atom stereocenters. The van der Waals surface area contributed by atoms with Gasteiger partial charge in [0.05, 0.1) is 11.8 Å². The summed E-state index contributed by atoms with van der Waals surface area (Å²) in [6, 6.07) is 13.8. The molecule has 0 bridgehead atoms. The van der Waals surface area contributed by atoms with E-state index in [1.54, 1.807) is 0 Å². The van der Waals surface area contributed by atoms with E-state index in [-0.39, 0.29) is 12.1 Å². The highest BCUT2D eigenvalue weighted by molar-refractivity contribution is 9.10. The van der Waals surface area contributed by atoms with Crippen molar-refractivity contribution in [2.75, 3.05) is 18.4 Å². The molecule has 0 saturated carbocycles. The minimum atomic E-state index is -0.226. The summed E-state index contributed by atoms with van der Waals surface area (Å²) in [7, 11) is 0. The van der Waals surface area contributed by atoms with E-state index in [0.717, 1.165) is 53.8 Å². The van der Waals surface area contributed by atoms with Gasteiger partial charge in [-0.25, -0.2) is 4.79 Å². The lowest BCUT2D eigenvalue weighted by molar-refractivity contribution is 0.0791. The fourth-order valence-electron chi connectivity index (χ4n) is 3.27. The van der Waals surface area contributed by atoms with Gasteiger partial charge < -0.3 is 15.7 Å². The number of nitrogens with one attached hydrogen (secondary N) is 2. The standard InChI is InChI=1S/C21H26BrN3O2/c1-15-6-7-20(19(22)12-15)24-21(27)23-13-16-4-2-3-5-17(16)14-25-10-8-18(26)9-11-25/h2-7,12,18,26H,8-11,13-14H2,1H3,(H2,23,24,27). The summed E-state index contributed by atoms with van der Waals surface area (Å²) < 4.78 is 0.866. The van der Waals surface area contributed by atoms with Crippen LogP contribution in [0.15, 0.2) is 46.9 Å². The highest BCUT2D eigenvalue weighted by Gasteiger charge is 2.18. The third-order valence-corrected chi connectivity index (χ3v) is 5.54. The van der Waals surface area contributed by atoms with Crippen LogP contribution in [-0.4, -0.2) is 35.2 Å². The zero-order valence-corrected chi connectivity index (χ0v) is 17.1. The molecular formula is C21H26BrN3O2. The van der Waals surface area contributed by atoms with Crippen LogP contribution in [-0.2, 0) is 13.1 Å². The van der Waals surface area contributed by atoms with Crippen molar-refractivity contribution in [3.63, 3.8) is 0 Å². The second-order valence-electron chi connectivity index (χ2n) is 7.07. The van der Waals surface area contributed by atoms with Crippen molar-refractivity contribution >= 4 is 27.6 Å². The number of anilines is 1. The lowest BCUT2D eigenvalue weighted by Gasteiger charge is -2.30. The zero-order valence-electron chi connectivity index (χ0n) is 15.5. The first-order chi connectivity index (χ1) is 13.0. The van der Waals surface area contributed by atoms with Gasteiger partial charge >= 0.3 is 6.03 Å². The summed E-state index contributed by atoms with van der Waals surface area (Å²) >= 11 is 3.48. The molecule has 1 fully saturated rings. The first-order valence-electron chi connectivity index (χ1n) is 9.29. The van der Waals surface area contributed by atoms with Crippen LogP contribution in [0.5, 0.6) is 0 Å². The fourth-order valence-corrected chi connectivity index (χ4v) is 3.86. The van der Waals surface area contributed by atoms with Crippen LogP contribution in [0.1, 0.15) is 29.5 Å². The van der Waals surface area contributed by atoms with Crippen LogP contribution in [0.4, 0.5) is 10.5 Å². The monoisotopic (exact) mass is 431 g/mol. The largest absolute Gasteiger partial charge is 0.393 e. The second kappa shape index (κ2) is 9.35. The van der Waals surface area contributed by atoms with Crippen molar-refractivity contribution in [2.45, 2.75) is 39.0 Å². The van der Waals surface area contributed by atoms with E-state index in [2.05, 4.69) is 43.6 Å². The van der Waals surface area contributed by atoms with Gasteiger partial charge in [0, 0.05) is 30.7 Å². The number of piperidine rings is 1. The molecule has 144 valence electrons. The first kappa shape index (κ1) is 19.9. The number of halogens is 1. The van der Waals surface area contributed by atoms with E-state index in [9.17, 15) is 9.90 Å². The van der Waals surface area contributed by atoms with Crippen LogP contribution in [0, 0.1) is 6.92 Å². The number of hydrogen-bond acceptors (Lipinski definition) is 3.